The monoisotopic (exact) mass is 325 g/mol. The second-order valence-electron chi connectivity index (χ2n) is 4.90. The molecule has 0 bridgehead atoms. The first-order valence-electron chi connectivity index (χ1n) is 7.29. The zero-order valence-electron chi connectivity index (χ0n) is 13.3. The smallest absolute Gasteiger partial charge is 0.321 e. The van der Waals surface area contributed by atoms with E-state index < -0.39 is 16.0 Å². The Morgan fingerprint density at radius 3 is 2.41 bits per heavy atom. The molecule has 5 nitrogen and oxygen atoms in total. The van der Waals surface area contributed by atoms with Crippen molar-refractivity contribution in [3.63, 3.8) is 0 Å². The van der Waals surface area contributed by atoms with Gasteiger partial charge in [-0.3, -0.25) is 4.79 Å². The van der Waals surface area contributed by atoms with E-state index >= 15 is 0 Å². The molecule has 0 fully saturated rings. The highest BCUT2D eigenvalue weighted by molar-refractivity contribution is 7.92. The van der Waals surface area contributed by atoms with Crippen LogP contribution in [0.15, 0.2) is 29.7 Å². The van der Waals surface area contributed by atoms with Crippen molar-refractivity contribution in [3.8, 4) is 0 Å². The molecule has 0 saturated carbocycles. The maximum Gasteiger partial charge on any atom is 0.321 e. The number of ether oxygens (including phenoxy) is 1. The number of nitrogens with zero attached hydrogens (tertiary/aromatic N) is 1. The molecule has 0 aromatic heterocycles. The van der Waals surface area contributed by atoms with Crippen LogP contribution in [0.1, 0.15) is 31.4 Å². The lowest BCUT2D eigenvalue weighted by Crippen LogP contribution is -2.35. The van der Waals surface area contributed by atoms with Crippen LogP contribution in [0.2, 0.25) is 0 Å². The third kappa shape index (κ3) is 5.99. The minimum atomic E-state index is -3.65. The minimum absolute atomic E-state index is 0.234. The number of esters is 1. The van der Waals surface area contributed by atoms with E-state index in [9.17, 15) is 13.2 Å². The Kier molecular flexibility index (Phi) is 7.27. The van der Waals surface area contributed by atoms with Gasteiger partial charge < -0.3 is 4.74 Å². The maximum absolute atomic E-state index is 12.3. The highest BCUT2D eigenvalue weighted by Gasteiger charge is 2.21. The molecule has 0 radical (unpaired) electrons. The molecule has 1 aromatic carbocycles. The summed E-state index contributed by atoms with van der Waals surface area (Å²) in [5, 5.41) is 1.13. The normalized spacial score (nSPS) is 12.0. The van der Waals surface area contributed by atoms with E-state index in [0.717, 1.165) is 20.8 Å². The summed E-state index contributed by atoms with van der Waals surface area (Å²) in [6, 6.07) is 7.51. The molecule has 1 rings (SSSR count). The van der Waals surface area contributed by atoms with Gasteiger partial charge in [-0.05, 0) is 31.9 Å². The third-order valence-electron chi connectivity index (χ3n) is 2.95. The first-order chi connectivity index (χ1) is 10.4. The van der Waals surface area contributed by atoms with Gasteiger partial charge in [-0.15, -0.1) is 0 Å². The van der Waals surface area contributed by atoms with Crippen molar-refractivity contribution >= 4 is 22.1 Å². The number of benzene rings is 1. The van der Waals surface area contributed by atoms with Gasteiger partial charge >= 0.3 is 5.97 Å². The molecular formula is C16H23NO4S. The van der Waals surface area contributed by atoms with Gasteiger partial charge in [0.25, 0.3) is 0 Å². The summed E-state index contributed by atoms with van der Waals surface area (Å²) in [5.41, 5.74) is 1.90. The van der Waals surface area contributed by atoms with Crippen molar-refractivity contribution in [3.05, 3.63) is 40.8 Å². The number of carbonyl (C=O) groups is 1. The first-order valence-corrected chi connectivity index (χ1v) is 8.80. The van der Waals surface area contributed by atoms with Crippen molar-refractivity contribution in [2.45, 2.75) is 27.2 Å². The van der Waals surface area contributed by atoms with Crippen LogP contribution in [0.25, 0.3) is 6.08 Å². The topological polar surface area (TPSA) is 63.7 Å². The predicted octanol–water partition coefficient (Wildman–Crippen LogP) is 2.57. The van der Waals surface area contributed by atoms with Crippen LogP contribution in [0.3, 0.4) is 0 Å². The van der Waals surface area contributed by atoms with Gasteiger partial charge in [0, 0.05) is 12.0 Å². The number of sulfonamides is 1. The number of rotatable bonds is 8. The lowest BCUT2D eigenvalue weighted by atomic mass is 10.2. The Labute approximate surface area is 132 Å². The quantitative estimate of drug-likeness (QED) is 0.689. The molecular weight excluding hydrogens is 302 g/mol. The van der Waals surface area contributed by atoms with Gasteiger partial charge in [0.1, 0.15) is 6.54 Å². The lowest BCUT2D eigenvalue weighted by molar-refractivity contribution is -0.143. The van der Waals surface area contributed by atoms with E-state index in [-0.39, 0.29) is 19.7 Å². The number of hydrogen-bond acceptors (Lipinski definition) is 4. The molecule has 122 valence electrons. The van der Waals surface area contributed by atoms with E-state index in [1.165, 1.54) is 6.08 Å². The number of hydrogen-bond donors (Lipinski definition) is 0. The lowest BCUT2D eigenvalue weighted by Gasteiger charge is -2.18. The fourth-order valence-corrected chi connectivity index (χ4v) is 3.05. The summed E-state index contributed by atoms with van der Waals surface area (Å²) in [7, 11) is -3.65. The Morgan fingerprint density at radius 1 is 1.23 bits per heavy atom. The van der Waals surface area contributed by atoms with Gasteiger partial charge in [0.2, 0.25) is 10.0 Å². The van der Waals surface area contributed by atoms with Crippen LogP contribution in [0.5, 0.6) is 0 Å². The molecule has 0 atom stereocenters. The molecule has 6 heteroatoms. The van der Waals surface area contributed by atoms with Crippen molar-refractivity contribution in [2.75, 3.05) is 19.7 Å². The molecule has 22 heavy (non-hydrogen) atoms. The number of aryl methyl sites for hydroxylation is 1. The Morgan fingerprint density at radius 2 is 1.86 bits per heavy atom. The largest absolute Gasteiger partial charge is 0.465 e. The van der Waals surface area contributed by atoms with Crippen molar-refractivity contribution in [2.24, 2.45) is 0 Å². The minimum Gasteiger partial charge on any atom is -0.465 e. The van der Waals surface area contributed by atoms with Gasteiger partial charge in [0.15, 0.2) is 0 Å². The molecule has 0 amide bonds. The van der Waals surface area contributed by atoms with Gasteiger partial charge in [-0.1, -0.05) is 36.8 Å². The summed E-state index contributed by atoms with van der Waals surface area (Å²) < 4.78 is 30.6. The fraction of sp³-hybridized carbons (Fsp3) is 0.438. The van der Waals surface area contributed by atoms with Crippen molar-refractivity contribution in [1.82, 2.24) is 4.31 Å². The second-order valence-corrected chi connectivity index (χ2v) is 6.72. The van der Waals surface area contributed by atoms with E-state index in [0.29, 0.717) is 6.42 Å². The van der Waals surface area contributed by atoms with Crippen LogP contribution in [0.4, 0.5) is 0 Å². The molecule has 0 unspecified atom stereocenters. The highest BCUT2D eigenvalue weighted by atomic mass is 32.2. The van der Waals surface area contributed by atoms with E-state index in [1.807, 2.05) is 38.1 Å². The van der Waals surface area contributed by atoms with E-state index in [1.54, 1.807) is 6.92 Å². The molecule has 0 aliphatic rings. The van der Waals surface area contributed by atoms with Crippen molar-refractivity contribution in [1.29, 1.82) is 0 Å². The SMILES string of the molecule is CCCN(CC(=O)OCC)S(=O)(=O)/C=C/c1ccc(C)cc1. The van der Waals surface area contributed by atoms with Crippen LogP contribution in [-0.2, 0) is 19.6 Å². The van der Waals surface area contributed by atoms with Gasteiger partial charge in [0.05, 0.1) is 6.61 Å². The molecule has 0 N–H and O–H groups in total. The van der Waals surface area contributed by atoms with E-state index in [2.05, 4.69) is 0 Å². The fourth-order valence-electron chi connectivity index (χ4n) is 1.82. The summed E-state index contributed by atoms with van der Waals surface area (Å²) >= 11 is 0. The summed E-state index contributed by atoms with van der Waals surface area (Å²) in [4.78, 5) is 11.5. The Hall–Kier alpha value is -1.66. The standard InChI is InChI=1S/C16H23NO4S/c1-4-11-17(13-16(18)21-5-2)22(19,20)12-10-15-8-6-14(3)7-9-15/h6-10,12H,4-5,11,13H2,1-3H3/b12-10+. The van der Waals surface area contributed by atoms with Crippen LogP contribution >= 0.6 is 0 Å². The Bertz CT molecular complexity index is 606. The molecule has 1 aromatic rings. The second kappa shape index (κ2) is 8.70. The average molecular weight is 325 g/mol. The van der Waals surface area contributed by atoms with Crippen LogP contribution in [-0.4, -0.2) is 38.4 Å². The molecule has 0 heterocycles. The molecule has 0 aliphatic heterocycles. The van der Waals surface area contributed by atoms with Gasteiger partial charge in [-0.2, -0.15) is 4.31 Å². The summed E-state index contributed by atoms with van der Waals surface area (Å²) in [5.74, 6) is -0.539. The maximum atomic E-state index is 12.3. The molecule has 0 spiro atoms. The average Bonchev–Trinajstić information content (AvgIpc) is 2.46. The third-order valence-corrected chi connectivity index (χ3v) is 4.46. The number of carbonyl (C=O) groups excluding carboxylic acids is 1. The Balaban J connectivity index is 2.86. The van der Waals surface area contributed by atoms with Crippen LogP contribution in [0, 0.1) is 6.92 Å². The van der Waals surface area contributed by atoms with Gasteiger partial charge in [-0.25, -0.2) is 8.42 Å². The van der Waals surface area contributed by atoms with Crippen molar-refractivity contribution < 1.29 is 17.9 Å². The zero-order valence-corrected chi connectivity index (χ0v) is 14.1. The molecule has 0 aliphatic carbocycles. The zero-order chi connectivity index (χ0) is 16.6. The highest BCUT2D eigenvalue weighted by Crippen LogP contribution is 2.10. The first kappa shape index (κ1) is 18.4. The molecule has 0 saturated heterocycles. The van der Waals surface area contributed by atoms with E-state index in [4.69, 9.17) is 4.74 Å². The van der Waals surface area contributed by atoms with Crippen LogP contribution < -0.4 is 0 Å². The predicted molar refractivity (Wildman–Crippen MR) is 87.6 cm³/mol. The summed E-state index contributed by atoms with van der Waals surface area (Å²) in [6.45, 7) is 5.76. The summed E-state index contributed by atoms with van der Waals surface area (Å²) in [6.07, 6.45) is 2.15.